The molecule has 2 aromatic carbocycles. The highest BCUT2D eigenvalue weighted by atomic mass is 35.5. The van der Waals surface area contributed by atoms with Gasteiger partial charge in [0.1, 0.15) is 11.6 Å². The minimum absolute atomic E-state index is 0.0425. The van der Waals surface area contributed by atoms with Crippen LogP contribution in [0.1, 0.15) is 17.2 Å². The molecule has 2 rings (SSSR count). The number of para-hydroxylation sites is 1. The van der Waals surface area contributed by atoms with Crippen LogP contribution in [0.25, 0.3) is 0 Å². The zero-order valence-corrected chi connectivity index (χ0v) is 12.2. The molecule has 0 aliphatic carbocycles. The Balaban J connectivity index is 2.31. The van der Waals surface area contributed by atoms with Crippen molar-refractivity contribution in [3.63, 3.8) is 0 Å². The van der Waals surface area contributed by atoms with E-state index in [-0.39, 0.29) is 16.9 Å². The lowest BCUT2D eigenvalue weighted by molar-refractivity contribution is 0.400. The summed E-state index contributed by atoms with van der Waals surface area (Å²) in [4.78, 5) is 0. The molecule has 0 bridgehead atoms. The molecular weight excluding hydrogens is 277 g/mol. The van der Waals surface area contributed by atoms with Gasteiger partial charge in [0.05, 0.1) is 12.1 Å². The van der Waals surface area contributed by atoms with Gasteiger partial charge in [0.25, 0.3) is 0 Å². The first-order valence-corrected chi connectivity index (χ1v) is 6.78. The van der Waals surface area contributed by atoms with Gasteiger partial charge < -0.3 is 10.1 Å². The van der Waals surface area contributed by atoms with E-state index in [0.717, 1.165) is 11.3 Å². The molecule has 2 aromatic rings. The molecule has 0 spiro atoms. The Hall–Kier alpha value is -1.58. The summed E-state index contributed by atoms with van der Waals surface area (Å²) in [7, 11) is 3.48. The van der Waals surface area contributed by atoms with Crippen molar-refractivity contribution in [1.29, 1.82) is 0 Å². The van der Waals surface area contributed by atoms with Crippen LogP contribution in [0.3, 0.4) is 0 Å². The average molecular weight is 294 g/mol. The van der Waals surface area contributed by atoms with Gasteiger partial charge in [0.2, 0.25) is 0 Å². The van der Waals surface area contributed by atoms with Crippen molar-refractivity contribution in [2.24, 2.45) is 0 Å². The number of nitrogens with one attached hydrogen (secondary N) is 1. The average Bonchev–Trinajstić information content (AvgIpc) is 2.49. The molecule has 2 nitrogen and oxygen atoms in total. The van der Waals surface area contributed by atoms with Crippen molar-refractivity contribution < 1.29 is 9.13 Å². The molecule has 1 N–H and O–H groups in total. The summed E-state index contributed by atoms with van der Waals surface area (Å²) in [5, 5.41) is 3.35. The summed E-state index contributed by atoms with van der Waals surface area (Å²) in [5.41, 5.74) is 1.58. The fraction of sp³-hybridized carbons (Fsp3) is 0.250. The second kappa shape index (κ2) is 6.73. The first kappa shape index (κ1) is 14.8. The quantitative estimate of drug-likeness (QED) is 0.900. The van der Waals surface area contributed by atoms with Crippen molar-refractivity contribution in [2.45, 2.75) is 12.5 Å². The Kier molecular flexibility index (Phi) is 4.99. The molecule has 0 saturated carbocycles. The Morgan fingerprint density at radius 3 is 2.65 bits per heavy atom. The topological polar surface area (TPSA) is 21.3 Å². The van der Waals surface area contributed by atoms with Crippen molar-refractivity contribution >= 4 is 11.6 Å². The van der Waals surface area contributed by atoms with Crippen LogP contribution in [-0.2, 0) is 6.42 Å². The van der Waals surface area contributed by atoms with Gasteiger partial charge in [-0.25, -0.2) is 4.39 Å². The van der Waals surface area contributed by atoms with Crippen LogP contribution in [0.2, 0.25) is 5.02 Å². The molecule has 0 aliphatic heterocycles. The third-order valence-corrected chi connectivity index (χ3v) is 3.61. The molecule has 20 heavy (non-hydrogen) atoms. The van der Waals surface area contributed by atoms with Gasteiger partial charge in [-0.05, 0) is 31.2 Å². The number of hydrogen-bond acceptors (Lipinski definition) is 2. The Morgan fingerprint density at radius 2 is 1.95 bits per heavy atom. The highest BCUT2D eigenvalue weighted by Crippen LogP contribution is 2.29. The van der Waals surface area contributed by atoms with Crippen LogP contribution >= 0.6 is 11.6 Å². The second-order valence-corrected chi connectivity index (χ2v) is 4.91. The number of methoxy groups -OCH3 is 1. The van der Waals surface area contributed by atoms with E-state index in [0.29, 0.717) is 12.0 Å². The fourth-order valence-corrected chi connectivity index (χ4v) is 2.44. The number of halogens is 2. The van der Waals surface area contributed by atoms with Crippen molar-refractivity contribution in [2.75, 3.05) is 14.2 Å². The molecule has 0 saturated heterocycles. The largest absolute Gasteiger partial charge is 0.496 e. The summed E-state index contributed by atoms with van der Waals surface area (Å²) in [6.45, 7) is 0. The van der Waals surface area contributed by atoms with Crippen LogP contribution in [0.15, 0.2) is 42.5 Å². The normalized spacial score (nSPS) is 12.2. The number of hydrogen-bond donors (Lipinski definition) is 1. The van der Waals surface area contributed by atoms with Gasteiger partial charge in [-0.15, -0.1) is 0 Å². The lowest BCUT2D eigenvalue weighted by Gasteiger charge is -2.20. The molecule has 0 heterocycles. The lowest BCUT2D eigenvalue weighted by Crippen LogP contribution is -2.20. The van der Waals surface area contributed by atoms with Gasteiger partial charge in [-0.2, -0.15) is 0 Å². The number of rotatable bonds is 5. The summed E-state index contributed by atoms with van der Waals surface area (Å²) in [6.07, 6.45) is 0.503. The van der Waals surface area contributed by atoms with Gasteiger partial charge in [-0.3, -0.25) is 0 Å². The summed E-state index contributed by atoms with van der Waals surface area (Å²) >= 11 is 5.82. The summed E-state index contributed by atoms with van der Waals surface area (Å²) in [5.74, 6) is 0.429. The Bertz CT molecular complexity index is 588. The van der Waals surface area contributed by atoms with Crippen molar-refractivity contribution in [3.8, 4) is 5.75 Å². The summed E-state index contributed by atoms with van der Waals surface area (Å²) < 4.78 is 19.4. The van der Waals surface area contributed by atoms with E-state index in [9.17, 15) is 4.39 Å². The van der Waals surface area contributed by atoms with Crippen LogP contribution in [0.4, 0.5) is 4.39 Å². The SMILES string of the molecule is CNC(Cc1cccc(Cl)c1F)c1ccccc1OC. The molecule has 0 fully saturated rings. The Labute approximate surface area is 123 Å². The molecule has 0 aliphatic rings. The zero-order valence-electron chi connectivity index (χ0n) is 11.5. The number of ether oxygens (including phenoxy) is 1. The molecule has 0 radical (unpaired) electrons. The van der Waals surface area contributed by atoms with Gasteiger partial charge in [-0.1, -0.05) is 41.9 Å². The smallest absolute Gasteiger partial charge is 0.145 e. The van der Waals surface area contributed by atoms with Gasteiger partial charge in [0.15, 0.2) is 0 Å². The molecule has 1 unspecified atom stereocenters. The monoisotopic (exact) mass is 293 g/mol. The van der Waals surface area contributed by atoms with E-state index in [4.69, 9.17) is 16.3 Å². The third kappa shape index (κ3) is 3.11. The minimum atomic E-state index is -0.357. The number of benzene rings is 2. The van der Waals surface area contributed by atoms with Gasteiger partial charge in [0, 0.05) is 11.6 Å². The predicted molar refractivity (Wildman–Crippen MR) is 79.9 cm³/mol. The number of likely N-dealkylation sites (N-methyl/N-ethyl adjacent to an activating group) is 1. The maximum atomic E-state index is 14.0. The first-order chi connectivity index (χ1) is 9.67. The lowest BCUT2D eigenvalue weighted by atomic mass is 9.98. The van der Waals surface area contributed by atoms with E-state index in [2.05, 4.69) is 5.32 Å². The molecule has 4 heteroatoms. The van der Waals surface area contributed by atoms with E-state index in [1.807, 2.05) is 31.3 Å². The molecule has 0 amide bonds. The van der Waals surface area contributed by atoms with Crippen molar-refractivity contribution in [1.82, 2.24) is 5.32 Å². The maximum absolute atomic E-state index is 14.0. The minimum Gasteiger partial charge on any atom is -0.496 e. The van der Waals surface area contributed by atoms with Crippen LogP contribution in [0.5, 0.6) is 5.75 Å². The highest BCUT2D eigenvalue weighted by molar-refractivity contribution is 6.30. The Morgan fingerprint density at radius 1 is 1.20 bits per heavy atom. The van der Waals surface area contributed by atoms with E-state index < -0.39 is 0 Å². The van der Waals surface area contributed by atoms with Crippen LogP contribution in [-0.4, -0.2) is 14.2 Å². The molecule has 0 aromatic heterocycles. The summed E-state index contributed by atoms with van der Waals surface area (Å²) in [6, 6.07) is 12.7. The highest BCUT2D eigenvalue weighted by Gasteiger charge is 2.17. The third-order valence-electron chi connectivity index (χ3n) is 3.32. The van der Waals surface area contributed by atoms with Crippen LogP contribution < -0.4 is 10.1 Å². The van der Waals surface area contributed by atoms with Crippen molar-refractivity contribution in [3.05, 3.63) is 64.4 Å². The molecule has 1 atom stereocenters. The fourth-order valence-electron chi connectivity index (χ4n) is 2.25. The second-order valence-electron chi connectivity index (χ2n) is 4.50. The van der Waals surface area contributed by atoms with Crippen LogP contribution in [0, 0.1) is 5.82 Å². The van der Waals surface area contributed by atoms with E-state index >= 15 is 0 Å². The first-order valence-electron chi connectivity index (χ1n) is 6.40. The zero-order chi connectivity index (χ0) is 14.5. The predicted octanol–water partition coefficient (Wildman–Crippen LogP) is 3.99. The maximum Gasteiger partial charge on any atom is 0.145 e. The van der Waals surface area contributed by atoms with E-state index in [1.165, 1.54) is 0 Å². The standard InChI is InChI=1S/C16H17ClFNO/c1-19-14(12-7-3-4-9-15(12)20-2)10-11-6-5-8-13(17)16(11)18/h3-9,14,19H,10H2,1-2H3. The van der Waals surface area contributed by atoms with Gasteiger partial charge >= 0.3 is 0 Å². The molecular formula is C16H17ClFNO. The molecule has 106 valence electrons. The van der Waals surface area contributed by atoms with E-state index in [1.54, 1.807) is 25.3 Å².